The van der Waals surface area contributed by atoms with Crippen LogP contribution in [0.2, 0.25) is 0 Å². The van der Waals surface area contributed by atoms with E-state index in [1.165, 1.54) is 51.4 Å². The van der Waals surface area contributed by atoms with Crippen LogP contribution in [-0.4, -0.2) is 49.8 Å². The maximum Gasteiger partial charge on any atom is 0.472 e. The highest BCUT2D eigenvalue weighted by Gasteiger charge is 2.50. The molecule has 6 atom stereocenters. The molecule has 0 amide bonds. The molecule has 0 saturated heterocycles. The SMILES string of the molecule is C=C1CC[C@H](OP(=O)(O)OCC[N+](C)(C)C)C/C1=C/C=C1\CCC[C@]2(C)[C@@H]([C@H](C)CCCC(C)C)CC[C@@H]12. The third kappa shape index (κ3) is 8.90. The van der Waals surface area contributed by atoms with Crippen molar-refractivity contribution in [3.05, 3.63) is 35.5 Å². The zero-order valence-electron chi connectivity index (χ0n) is 25.5. The maximum absolute atomic E-state index is 12.6. The Kier molecular flexibility index (Phi) is 11.1. The molecule has 6 heteroatoms. The summed E-state index contributed by atoms with van der Waals surface area (Å²) in [6.45, 7) is 14.9. The molecule has 1 N–H and O–H groups in total. The molecule has 3 aliphatic carbocycles. The van der Waals surface area contributed by atoms with Crippen LogP contribution in [0.4, 0.5) is 0 Å². The average Bonchev–Trinajstić information content (AvgIpc) is 3.15. The third-order valence-corrected chi connectivity index (χ3v) is 10.7. The molecule has 218 valence electrons. The number of likely N-dealkylation sites (N-methyl/N-ethyl adjacent to an activating group) is 1. The lowest BCUT2D eigenvalue weighted by Crippen LogP contribution is -2.37. The Bertz CT molecular complexity index is 917. The predicted octanol–water partition coefficient (Wildman–Crippen LogP) is 8.47. The van der Waals surface area contributed by atoms with Crippen LogP contribution in [0.3, 0.4) is 0 Å². The molecule has 1 unspecified atom stereocenters. The Morgan fingerprint density at radius 2 is 1.87 bits per heavy atom. The molecule has 0 spiro atoms. The highest BCUT2D eigenvalue weighted by molar-refractivity contribution is 7.47. The molecule has 0 aromatic carbocycles. The van der Waals surface area contributed by atoms with Crippen LogP contribution in [0.15, 0.2) is 35.5 Å². The first-order valence-electron chi connectivity index (χ1n) is 15.2. The van der Waals surface area contributed by atoms with Gasteiger partial charge in [-0.1, -0.05) is 76.8 Å². The summed E-state index contributed by atoms with van der Waals surface area (Å²) in [6, 6.07) is 0. The van der Waals surface area contributed by atoms with E-state index in [9.17, 15) is 9.46 Å². The van der Waals surface area contributed by atoms with Crippen LogP contribution in [-0.2, 0) is 13.6 Å². The van der Waals surface area contributed by atoms with E-state index in [0.717, 1.165) is 35.3 Å². The van der Waals surface area contributed by atoms with Crippen molar-refractivity contribution < 1.29 is 23.0 Å². The van der Waals surface area contributed by atoms with Crippen molar-refractivity contribution in [1.82, 2.24) is 0 Å². The summed E-state index contributed by atoms with van der Waals surface area (Å²) < 4.78 is 24.1. The summed E-state index contributed by atoms with van der Waals surface area (Å²) in [6.07, 6.45) is 17.0. The summed E-state index contributed by atoms with van der Waals surface area (Å²) in [5, 5.41) is 0. The van der Waals surface area contributed by atoms with Crippen molar-refractivity contribution in [2.75, 3.05) is 34.3 Å². The van der Waals surface area contributed by atoms with Crippen molar-refractivity contribution in [3.8, 4) is 0 Å². The molecule has 0 aromatic heterocycles. The Morgan fingerprint density at radius 1 is 1.13 bits per heavy atom. The van der Waals surface area contributed by atoms with E-state index in [4.69, 9.17) is 9.05 Å². The second-order valence-corrected chi connectivity index (χ2v) is 15.6. The second-order valence-electron chi connectivity index (χ2n) is 14.2. The van der Waals surface area contributed by atoms with Crippen LogP contribution in [0, 0.1) is 29.1 Å². The van der Waals surface area contributed by atoms with Crippen LogP contribution in [0.25, 0.3) is 0 Å². The van der Waals surface area contributed by atoms with Crippen LogP contribution < -0.4 is 0 Å². The monoisotopic (exact) mass is 550 g/mol. The number of fused-ring (bicyclic) bond motifs is 1. The van der Waals surface area contributed by atoms with E-state index in [0.29, 0.717) is 35.2 Å². The van der Waals surface area contributed by atoms with Gasteiger partial charge in [0.1, 0.15) is 13.2 Å². The number of rotatable bonds is 12. The lowest BCUT2D eigenvalue weighted by Gasteiger charge is -2.44. The van der Waals surface area contributed by atoms with Crippen LogP contribution in [0.1, 0.15) is 98.3 Å². The zero-order valence-corrected chi connectivity index (χ0v) is 26.4. The minimum Gasteiger partial charge on any atom is -0.329 e. The maximum atomic E-state index is 12.6. The fraction of sp³-hybridized carbons (Fsp3) is 0.812. The average molecular weight is 551 g/mol. The standard InChI is InChI=1S/C32H56NO4P/c1-24(2)11-9-12-26(4)30-18-19-31-27(13-10-20-32(30,31)5)15-16-28-23-29(17-14-25(28)3)37-38(34,35)36-22-21-33(6,7)8/h15-16,24,26,29-31H,3,9-14,17-23H2,1-2,4-8H3/p+1/b27-15+,28-16-/t26-,29+,30-,31+,32-/m1/s1. The normalized spacial score (nSPS) is 33.1. The third-order valence-electron chi connectivity index (χ3n) is 9.63. The number of phosphoric acid groups is 1. The van der Waals surface area contributed by atoms with Crippen molar-refractivity contribution in [3.63, 3.8) is 0 Å². The number of hydrogen-bond donors (Lipinski definition) is 1. The van der Waals surface area contributed by atoms with Crippen LogP contribution >= 0.6 is 7.82 Å². The van der Waals surface area contributed by atoms with E-state index in [1.54, 1.807) is 5.57 Å². The molecule has 3 saturated carbocycles. The lowest BCUT2D eigenvalue weighted by molar-refractivity contribution is -0.870. The number of hydrogen-bond acceptors (Lipinski definition) is 3. The first kappa shape index (κ1) is 31.8. The molecule has 0 heterocycles. The van der Waals surface area contributed by atoms with E-state index >= 15 is 0 Å². The highest BCUT2D eigenvalue weighted by atomic mass is 31.2. The second kappa shape index (κ2) is 13.3. The molecule has 38 heavy (non-hydrogen) atoms. The molecule has 5 nitrogen and oxygen atoms in total. The number of allylic oxidation sites excluding steroid dienone is 4. The molecule has 0 aromatic rings. The van der Waals surface area contributed by atoms with Gasteiger partial charge in [-0.3, -0.25) is 9.05 Å². The van der Waals surface area contributed by atoms with Crippen LogP contribution in [0.5, 0.6) is 0 Å². The number of phosphoric ester groups is 1. The highest BCUT2D eigenvalue weighted by Crippen LogP contribution is 2.60. The number of nitrogens with zero attached hydrogens (tertiary/aromatic N) is 1. The van der Waals surface area contributed by atoms with E-state index in [2.05, 4.69) is 46.4 Å². The molecule has 3 aliphatic rings. The van der Waals surface area contributed by atoms with Gasteiger partial charge in [0, 0.05) is 0 Å². The van der Waals surface area contributed by atoms with Crippen molar-refractivity contribution in [2.45, 2.75) is 104 Å². The van der Waals surface area contributed by atoms with Gasteiger partial charge in [-0.2, -0.15) is 0 Å². The zero-order chi connectivity index (χ0) is 28.1. The molecule has 0 bridgehead atoms. The summed E-state index contributed by atoms with van der Waals surface area (Å²) in [7, 11) is 2.01. The van der Waals surface area contributed by atoms with Gasteiger partial charge >= 0.3 is 7.82 Å². The Hall–Kier alpha value is -0.710. The number of quaternary nitrogens is 1. The van der Waals surface area contributed by atoms with Gasteiger partial charge in [0.15, 0.2) is 0 Å². The first-order chi connectivity index (χ1) is 17.7. The van der Waals surface area contributed by atoms with Gasteiger partial charge in [0.05, 0.1) is 27.2 Å². The minimum absolute atomic E-state index is 0.197. The van der Waals surface area contributed by atoms with Crippen molar-refractivity contribution >= 4 is 7.82 Å². The lowest BCUT2D eigenvalue weighted by atomic mass is 9.60. The predicted molar refractivity (Wildman–Crippen MR) is 159 cm³/mol. The molecule has 3 fully saturated rings. The Morgan fingerprint density at radius 3 is 2.55 bits per heavy atom. The molecule has 0 radical (unpaired) electrons. The van der Waals surface area contributed by atoms with Crippen molar-refractivity contribution in [2.24, 2.45) is 29.1 Å². The summed E-state index contributed by atoms with van der Waals surface area (Å²) in [4.78, 5) is 10.3. The van der Waals surface area contributed by atoms with Gasteiger partial charge in [0.25, 0.3) is 0 Å². The first-order valence-corrected chi connectivity index (χ1v) is 16.7. The van der Waals surface area contributed by atoms with E-state index in [1.807, 2.05) is 21.1 Å². The molecule has 3 rings (SSSR count). The summed E-state index contributed by atoms with van der Waals surface area (Å²) >= 11 is 0. The summed E-state index contributed by atoms with van der Waals surface area (Å²) in [5.41, 5.74) is 4.31. The quantitative estimate of drug-likeness (QED) is 0.196. The van der Waals surface area contributed by atoms with Crippen molar-refractivity contribution in [1.29, 1.82) is 0 Å². The smallest absolute Gasteiger partial charge is 0.329 e. The largest absolute Gasteiger partial charge is 0.472 e. The fourth-order valence-electron chi connectivity index (χ4n) is 7.38. The molecular formula is C32H57NO4P+. The van der Waals surface area contributed by atoms with Gasteiger partial charge < -0.3 is 9.38 Å². The Balaban J connectivity index is 1.63. The minimum atomic E-state index is -4.08. The van der Waals surface area contributed by atoms with E-state index in [-0.39, 0.29) is 12.7 Å². The van der Waals surface area contributed by atoms with Gasteiger partial charge in [-0.25, -0.2) is 4.57 Å². The Labute approximate surface area is 234 Å². The molecular weight excluding hydrogens is 493 g/mol. The fourth-order valence-corrected chi connectivity index (χ4v) is 8.31. The van der Waals surface area contributed by atoms with E-state index < -0.39 is 7.82 Å². The van der Waals surface area contributed by atoms with Gasteiger partial charge in [0.2, 0.25) is 0 Å². The van der Waals surface area contributed by atoms with Gasteiger partial charge in [-0.15, -0.1) is 0 Å². The topological polar surface area (TPSA) is 55.8 Å². The van der Waals surface area contributed by atoms with Gasteiger partial charge in [-0.05, 0) is 86.0 Å². The molecule has 0 aliphatic heterocycles. The summed E-state index contributed by atoms with van der Waals surface area (Å²) in [5.74, 6) is 3.11.